The van der Waals surface area contributed by atoms with E-state index in [0.29, 0.717) is 29.5 Å². The Bertz CT molecular complexity index is 759. The minimum atomic E-state index is -0.434. The molecule has 0 aromatic heterocycles. The molecular formula is C20H26N2O6. The fourth-order valence-electron chi connectivity index (χ4n) is 2.66. The summed E-state index contributed by atoms with van der Waals surface area (Å²) in [5.41, 5.74) is 0.715. The Morgan fingerprint density at radius 3 is 2.68 bits per heavy atom. The SMILES string of the molecule is CCOC(=O)CCC(=O)c1ccc2c(c1)N(CC(=O)NCC(C)C)C(=O)CO2. The maximum Gasteiger partial charge on any atom is 0.306 e. The number of nitrogens with zero attached hydrogens (tertiary/aromatic N) is 1. The lowest BCUT2D eigenvalue weighted by Crippen LogP contribution is -2.45. The highest BCUT2D eigenvalue weighted by Gasteiger charge is 2.28. The minimum Gasteiger partial charge on any atom is -0.482 e. The number of rotatable bonds is 9. The van der Waals surface area contributed by atoms with Gasteiger partial charge in [-0.15, -0.1) is 0 Å². The Morgan fingerprint density at radius 1 is 1.25 bits per heavy atom. The number of carbonyl (C=O) groups is 4. The molecule has 1 N–H and O–H groups in total. The molecule has 0 atom stereocenters. The quantitative estimate of drug-likeness (QED) is 0.509. The van der Waals surface area contributed by atoms with Crippen molar-refractivity contribution < 1.29 is 28.7 Å². The van der Waals surface area contributed by atoms with Crippen LogP contribution in [0.2, 0.25) is 0 Å². The normalized spacial score (nSPS) is 13.0. The fourth-order valence-corrected chi connectivity index (χ4v) is 2.66. The van der Waals surface area contributed by atoms with E-state index in [1.54, 1.807) is 19.1 Å². The molecule has 0 spiro atoms. The highest BCUT2D eigenvalue weighted by Crippen LogP contribution is 2.33. The molecule has 8 nitrogen and oxygen atoms in total. The van der Waals surface area contributed by atoms with Crippen LogP contribution in [0.1, 0.15) is 44.0 Å². The van der Waals surface area contributed by atoms with Gasteiger partial charge in [-0.2, -0.15) is 0 Å². The Morgan fingerprint density at radius 2 is 2.00 bits per heavy atom. The predicted octanol–water partition coefficient (Wildman–Crippen LogP) is 1.71. The molecule has 1 aliphatic rings. The lowest BCUT2D eigenvalue weighted by molar-refractivity contribution is -0.143. The Hall–Kier alpha value is -2.90. The molecule has 152 valence electrons. The third kappa shape index (κ3) is 5.80. The molecule has 8 heteroatoms. The van der Waals surface area contributed by atoms with Crippen molar-refractivity contribution in [2.75, 3.05) is 31.2 Å². The number of esters is 1. The second-order valence-electron chi connectivity index (χ2n) is 6.88. The number of anilines is 1. The first-order valence-corrected chi connectivity index (χ1v) is 9.34. The van der Waals surface area contributed by atoms with E-state index in [1.807, 2.05) is 13.8 Å². The second-order valence-corrected chi connectivity index (χ2v) is 6.88. The van der Waals surface area contributed by atoms with Gasteiger partial charge >= 0.3 is 5.97 Å². The van der Waals surface area contributed by atoms with Crippen molar-refractivity contribution in [1.29, 1.82) is 0 Å². The van der Waals surface area contributed by atoms with Gasteiger partial charge in [0.1, 0.15) is 12.3 Å². The van der Waals surface area contributed by atoms with Crippen molar-refractivity contribution in [3.05, 3.63) is 23.8 Å². The number of hydrogen-bond donors (Lipinski definition) is 1. The first kappa shape index (κ1) is 21.4. The van der Waals surface area contributed by atoms with E-state index in [1.165, 1.54) is 11.0 Å². The average molecular weight is 390 g/mol. The van der Waals surface area contributed by atoms with Gasteiger partial charge in [-0.05, 0) is 31.0 Å². The zero-order valence-corrected chi connectivity index (χ0v) is 16.4. The Kier molecular flexibility index (Phi) is 7.54. The van der Waals surface area contributed by atoms with Crippen molar-refractivity contribution in [2.45, 2.75) is 33.6 Å². The highest BCUT2D eigenvalue weighted by molar-refractivity contribution is 6.04. The summed E-state index contributed by atoms with van der Waals surface area (Å²) in [4.78, 5) is 49.6. The molecule has 2 rings (SSSR count). The van der Waals surface area contributed by atoms with Crippen LogP contribution in [0.5, 0.6) is 5.75 Å². The van der Waals surface area contributed by atoms with Gasteiger partial charge in [0.25, 0.3) is 5.91 Å². The van der Waals surface area contributed by atoms with E-state index in [9.17, 15) is 19.2 Å². The average Bonchev–Trinajstić information content (AvgIpc) is 2.66. The predicted molar refractivity (Wildman–Crippen MR) is 102 cm³/mol. The zero-order chi connectivity index (χ0) is 20.7. The zero-order valence-electron chi connectivity index (χ0n) is 16.4. The Balaban J connectivity index is 2.12. The third-order valence-corrected chi connectivity index (χ3v) is 4.09. The second kappa shape index (κ2) is 9.87. The van der Waals surface area contributed by atoms with E-state index in [0.717, 1.165) is 0 Å². The summed E-state index contributed by atoms with van der Waals surface area (Å²) >= 11 is 0. The van der Waals surface area contributed by atoms with Crippen LogP contribution in [0.3, 0.4) is 0 Å². The van der Waals surface area contributed by atoms with Crippen LogP contribution >= 0.6 is 0 Å². The Labute approximate surface area is 164 Å². The molecule has 1 heterocycles. The topological polar surface area (TPSA) is 102 Å². The molecule has 28 heavy (non-hydrogen) atoms. The minimum absolute atomic E-state index is 0.00129. The highest BCUT2D eigenvalue weighted by atomic mass is 16.5. The van der Waals surface area contributed by atoms with Crippen molar-refractivity contribution >= 4 is 29.3 Å². The van der Waals surface area contributed by atoms with Gasteiger partial charge in [-0.1, -0.05) is 13.8 Å². The summed E-state index contributed by atoms with van der Waals surface area (Å²) < 4.78 is 10.2. The van der Waals surface area contributed by atoms with Gasteiger partial charge < -0.3 is 14.8 Å². The molecule has 0 saturated carbocycles. The van der Waals surface area contributed by atoms with Crippen LogP contribution in [0, 0.1) is 5.92 Å². The number of fused-ring (bicyclic) bond motifs is 1. The van der Waals surface area contributed by atoms with E-state index in [-0.39, 0.29) is 50.2 Å². The lowest BCUT2D eigenvalue weighted by atomic mass is 10.0. The molecule has 1 aromatic rings. The molecular weight excluding hydrogens is 364 g/mol. The van der Waals surface area contributed by atoms with Gasteiger partial charge in [-0.25, -0.2) is 0 Å². The number of ether oxygens (including phenoxy) is 2. The number of amides is 2. The summed E-state index contributed by atoms with van der Waals surface area (Å²) in [6.07, 6.45) is -0.0121. The van der Waals surface area contributed by atoms with E-state index < -0.39 is 5.97 Å². The maximum atomic E-state index is 12.4. The molecule has 0 radical (unpaired) electrons. The smallest absolute Gasteiger partial charge is 0.306 e. The van der Waals surface area contributed by atoms with Crippen LogP contribution in [-0.4, -0.2) is 49.9 Å². The molecule has 1 aromatic carbocycles. The van der Waals surface area contributed by atoms with Crippen LogP contribution < -0.4 is 15.0 Å². The van der Waals surface area contributed by atoms with E-state index in [2.05, 4.69) is 5.32 Å². The molecule has 1 aliphatic heterocycles. The number of carbonyl (C=O) groups excluding carboxylic acids is 4. The van der Waals surface area contributed by atoms with Crippen LogP contribution in [-0.2, 0) is 19.1 Å². The molecule has 0 saturated heterocycles. The van der Waals surface area contributed by atoms with Crippen molar-refractivity contribution in [3.8, 4) is 5.75 Å². The lowest BCUT2D eigenvalue weighted by Gasteiger charge is -2.29. The van der Waals surface area contributed by atoms with Crippen molar-refractivity contribution in [2.24, 2.45) is 5.92 Å². The number of hydrogen-bond acceptors (Lipinski definition) is 6. The first-order valence-electron chi connectivity index (χ1n) is 9.34. The van der Waals surface area contributed by atoms with E-state index in [4.69, 9.17) is 9.47 Å². The molecule has 2 amide bonds. The fraction of sp³-hybridized carbons (Fsp3) is 0.500. The first-order chi connectivity index (χ1) is 13.3. The molecule has 0 aliphatic carbocycles. The molecule has 0 fully saturated rings. The van der Waals surface area contributed by atoms with Crippen molar-refractivity contribution in [1.82, 2.24) is 5.32 Å². The summed E-state index contributed by atoms with van der Waals surface area (Å²) in [7, 11) is 0. The van der Waals surface area contributed by atoms with Gasteiger partial charge in [-0.3, -0.25) is 24.1 Å². The van der Waals surface area contributed by atoms with Gasteiger partial charge in [0.15, 0.2) is 12.4 Å². The number of nitrogens with one attached hydrogen (secondary N) is 1. The van der Waals surface area contributed by atoms with Crippen LogP contribution in [0.25, 0.3) is 0 Å². The van der Waals surface area contributed by atoms with Crippen LogP contribution in [0.15, 0.2) is 18.2 Å². The summed E-state index contributed by atoms with van der Waals surface area (Å²) in [6, 6.07) is 4.70. The summed E-state index contributed by atoms with van der Waals surface area (Å²) in [5.74, 6) is -0.607. The van der Waals surface area contributed by atoms with Crippen LogP contribution in [0.4, 0.5) is 5.69 Å². The van der Waals surface area contributed by atoms with Gasteiger partial charge in [0, 0.05) is 18.5 Å². The molecule has 0 unspecified atom stereocenters. The maximum absolute atomic E-state index is 12.4. The van der Waals surface area contributed by atoms with Crippen molar-refractivity contribution in [3.63, 3.8) is 0 Å². The number of ketones is 1. The monoisotopic (exact) mass is 390 g/mol. The standard InChI is InChI=1S/C20H26N2O6/c1-4-27-20(26)8-6-16(23)14-5-7-17-15(9-14)22(19(25)12-28-17)11-18(24)21-10-13(2)3/h5,7,9,13H,4,6,8,10-12H2,1-3H3,(H,21,24). The largest absolute Gasteiger partial charge is 0.482 e. The van der Waals surface area contributed by atoms with E-state index >= 15 is 0 Å². The number of benzene rings is 1. The summed E-state index contributed by atoms with van der Waals surface area (Å²) in [5, 5.41) is 2.77. The third-order valence-electron chi connectivity index (χ3n) is 4.09. The number of Topliss-reactive ketones (excluding diaryl/α,β-unsaturated/α-hetero) is 1. The van der Waals surface area contributed by atoms with Gasteiger partial charge in [0.05, 0.1) is 18.7 Å². The molecule has 0 bridgehead atoms. The van der Waals surface area contributed by atoms with Gasteiger partial charge in [0.2, 0.25) is 5.91 Å². The summed E-state index contributed by atoms with van der Waals surface area (Å²) in [6.45, 7) is 6.11.